The number of amides is 1. The summed E-state index contributed by atoms with van der Waals surface area (Å²) in [7, 11) is 1.57. The van der Waals surface area contributed by atoms with Crippen LogP contribution in [0.2, 0.25) is 10.0 Å². The normalized spacial score (nSPS) is 13.1. The van der Waals surface area contributed by atoms with Gasteiger partial charge in [-0.05, 0) is 47.5 Å². The van der Waals surface area contributed by atoms with Gasteiger partial charge in [-0.3, -0.25) is 24.1 Å². The van der Waals surface area contributed by atoms with Crippen molar-refractivity contribution in [1.29, 1.82) is 0 Å². The molecule has 2 heterocycles. The molecule has 11 heteroatoms. The molecule has 170 valence electrons. The maximum Gasteiger partial charge on any atom is 0.331 e. The Labute approximate surface area is 198 Å². The van der Waals surface area contributed by atoms with Gasteiger partial charge in [0, 0.05) is 31.6 Å². The maximum absolute atomic E-state index is 13.2. The fourth-order valence-electron chi connectivity index (χ4n) is 3.50. The van der Waals surface area contributed by atoms with Crippen LogP contribution in [0.3, 0.4) is 0 Å². The predicted molar refractivity (Wildman–Crippen MR) is 128 cm³/mol. The molecule has 2 aromatic carbocycles. The minimum absolute atomic E-state index is 0.0128. The molecule has 0 radical (unpaired) electrons. The molecule has 3 aromatic rings. The molecule has 1 aliphatic heterocycles. The van der Waals surface area contributed by atoms with Crippen LogP contribution >= 0.6 is 23.2 Å². The second-order valence-electron chi connectivity index (χ2n) is 7.47. The van der Waals surface area contributed by atoms with E-state index in [1.807, 2.05) is 0 Å². The van der Waals surface area contributed by atoms with Gasteiger partial charge in [-0.25, -0.2) is 15.8 Å². The molecule has 9 nitrogen and oxygen atoms in total. The van der Waals surface area contributed by atoms with Gasteiger partial charge in [0.2, 0.25) is 0 Å². The fraction of sp³-hybridized carbons (Fsp3) is 0.136. The quantitative estimate of drug-likeness (QED) is 0.474. The van der Waals surface area contributed by atoms with Crippen molar-refractivity contribution in [2.45, 2.75) is 6.54 Å². The van der Waals surface area contributed by atoms with E-state index in [4.69, 9.17) is 29.0 Å². The summed E-state index contributed by atoms with van der Waals surface area (Å²) in [5, 5.41) is 5.02. The van der Waals surface area contributed by atoms with E-state index in [-0.39, 0.29) is 24.4 Å². The van der Waals surface area contributed by atoms with Gasteiger partial charge in [0.1, 0.15) is 0 Å². The summed E-state index contributed by atoms with van der Waals surface area (Å²) in [5.41, 5.74) is 3.93. The summed E-state index contributed by atoms with van der Waals surface area (Å²) in [6, 6.07) is 9.55. The smallest absolute Gasteiger partial charge is 0.331 e. The van der Waals surface area contributed by atoms with E-state index >= 15 is 0 Å². The topological polar surface area (TPSA) is 114 Å². The summed E-state index contributed by atoms with van der Waals surface area (Å²) < 4.78 is 2.47. The van der Waals surface area contributed by atoms with Crippen molar-refractivity contribution in [3.8, 4) is 0 Å². The van der Waals surface area contributed by atoms with E-state index in [1.165, 1.54) is 15.8 Å². The lowest BCUT2D eigenvalue weighted by atomic mass is 10.1. The van der Waals surface area contributed by atoms with Crippen LogP contribution in [0.4, 0.5) is 0 Å². The molecule has 0 atom stereocenters. The van der Waals surface area contributed by atoms with E-state index in [0.29, 0.717) is 26.7 Å². The first-order valence-corrected chi connectivity index (χ1v) is 10.6. The van der Waals surface area contributed by atoms with Crippen LogP contribution in [0, 0.1) is 0 Å². The van der Waals surface area contributed by atoms with E-state index in [2.05, 4.69) is 10.7 Å². The number of fused-ring (bicyclic) bond motifs is 1. The summed E-state index contributed by atoms with van der Waals surface area (Å²) in [6.07, 6.45) is 5.06. The van der Waals surface area contributed by atoms with E-state index < -0.39 is 11.2 Å². The zero-order valence-corrected chi connectivity index (χ0v) is 19.0. The van der Waals surface area contributed by atoms with Gasteiger partial charge in [0.15, 0.2) is 0 Å². The number of benzene rings is 2. The molecular weight excluding hydrogens is 467 g/mol. The van der Waals surface area contributed by atoms with Crippen LogP contribution in [0.15, 0.2) is 70.0 Å². The summed E-state index contributed by atoms with van der Waals surface area (Å²) >= 11 is 12.0. The predicted octanol–water partition coefficient (Wildman–Crippen LogP) is 1.88. The third kappa shape index (κ3) is 4.65. The molecule has 0 fully saturated rings. The van der Waals surface area contributed by atoms with Crippen molar-refractivity contribution in [1.82, 2.24) is 25.0 Å². The van der Waals surface area contributed by atoms with Gasteiger partial charge in [0.05, 0.1) is 27.5 Å². The van der Waals surface area contributed by atoms with Gasteiger partial charge in [-0.2, -0.15) is 0 Å². The highest BCUT2D eigenvalue weighted by Crippen LogP contribution is 2.22. The van der Waals surface area contributed by atoms with E-state index in [1.54, 1.807) is 55.9 Å². The van der Waals surface area contributed by atoms with Crippen molar-refractivity contribution < 1.29 is 4.79 Å². The van der Waals surface area contributed by atoms with Crippen molar-refractivity contribution in [2.75, 3.05) is 6.54 Å². The first-order chi connectivity index (χ1) is 15.7. The molecule has 0 saturated heterocycles. The highest BCUT2D eigenvalue weighted by Gasteiger charge is 2.15. The van der Waals surface area contributed by atoms with Crippen molar-refractivity contribution >= 4 is 40.0 Å². The SMILES string of the molecule is Cn1c(=O)n(Cc2ccc(Cl)c(Cl)c2)c(=O)c2cc(C(=O)NCC3=CN(N)NC=C3)ccc21. The Morgan fingerprint density at radius 1 is 1.12 bits per heavy atom. The number of nitrogens with one attached hydrogen (secondary N) is 2. The van der Waals surface area contributed by atoms with Crippen LogP contribution in [0.25, 0.3) is 10.9 Å². The molecule has 1 aliphatic rings. The van der Waals surface area contributed by atoms with Crippen molar-refractivity contribution in [2.24, 2.45) is 12.9 Å². The maximum atomic E-state index is 13.2. The zero-order chi connectivity index (χ0) is 23.7. The molecule has 33 heavy (non-hydrogen) atoms. The number of nitrogens with two attached hydrogens (primary N) is 1. The standard InChI is InChI=1S/C22H20Cl2N6O3/c1-28-19-5-3-15(20(31)26-10-14-6-7-27-30(25)12-14)9-16(19)21(32)29(22(28)33)11-13-2-4-17(23)18(24)8-13/h2-9,12,27H,10-11,25H2,1H3,(H,26,31). The number of carbonyl (C=O) groups is 1. The number of rotatable bonds is 5. The monoisotopic (exact) mass is 486 g/mol. The summed E-state index contributed by atoms with van der Waals surface area (Å²) in [5.74, 6) is 5.27. The van der Waals surface area contributed by atoms with E-state index in [9.17, 15) is 14.4 Å². The van der Waals surface area contributed by atoms with Crippen LogP contribution in [0.1, 0.15) is 15.9 Å². The average molecular weight is 487 g/mol. The minimum atomic E-state index is -0.503. The zero-order valence-electron chi connectivity index (χ0n) is 17.5. The molecule has 4 N–H and O–H groups in total. The highest BCUT2D eigenvalue weighted by molar-refractivity contribution is 6.42. The third-order valence-corrected chi connectivity index (χ3v) is 5.96. The molecular formula is C22H20Cl2N6O3. The molecule has 0 saturated carbocycles. The number of hydrazine groups is 2. The third-order valence-electron chi connectivity index (χ3n) is 5.22. The van der Waals surface area contributed by atoms with Gasteiger partial charge >= 0.3 is 5.69 Å². The van der Waals surface area contributed by atoms with Crippen LogP contribution in [0.5, 0.6) is 0 Å². The van der Waals surface area contributed by atoms with Gasteiger partial charge in [0.25, 0.3) is 11.5 Å². The number of halogens is 2. The van der Waals surface area contributed by atoms with E-state index in [0.717, 1.165) is 10.1 Å². The Morgan fingerprint density at radius 2 is 1.91 bits per heavy atom. The second kappa shape index (κ2) is 9.14. The number of hydrogen-bond acceptors (Lipinski definition) is 6. The molecule has 0 aliphatic carbocycles. The van der Waals surface area contributed by atoms with Crippen molar-refractivity contribution in [3.05, 3.63) is 102 Å². The fourth-order valence-corrected chi connectivity index (χ4v) is 3.82. The average Bonchev–Trinajstić information content (AvgIpc) is 2.80. The molecule has 0 spiro atoms. The largest absolute Gasteiger partial charge is 0.348 e. The summed E-state index contributed by atoms with van der Waals surface area (Å²) in [6.45, 7) is 0.260. The Bertz CT molecular complexity index is 1440. The molecule has 0 bridgehead atoms. The number of aromatic nitrogens is 2. The Hall–Kier alpha value is -3.53. The Balaban J connectivity index is 1.67. The number of aryl methyl sites for hydroxylation is 1. The minimum Gasteiger partial charge on any atom is -0.348 e. The number of carbonyl (C=O) groups excluding carboxylic acids is 1. The lowest BCUT2D eigenvalue weighted by Gasteiger charge is -2.19. The first kappa shape index (κ1) is 22.7. The molecule has 1 aromatic heterocycles. The van der Waals surface area contributed by atoms with Crippen LogP contribution < -0.4 is 27.8 Å². The summed E-state index contributed by atoms with van der Waals surface area (Å²) in [4.78, 5) is 38.7. The second-order valence-corrected chi connectivity index (χ2v) is 8.28. The Kier molecular flexibility index (Phi) is 6.28. The van der Waals surface area contributed by atoms with Crippen molar-refractivity contribution in [3.63, 3.8) is 0 Å². The van der Waals surface area contributed by atoms with Crippen LogP contribution in [-0.2, 0) is 13.6 Å². The lowest BCUT2D eigenvalue weighted by molar-refractivity contribution is 0.0957. The van der Waals surface area contributed by atoms with Crippen LogP contribution in [-0.4, -0.2) is 26.7 Å². The Morgan fingerprint density at radius 3 is 2.64 bits per heavy atom. The first-order valence-electron chi connectivity index (χ1n) is 9.87. The lowest BCUT2D eigenvalue weighted by Crippen LogP contribution is -2.39. The molecule has 1 amide bonds. The number of hydrogen-bond donors (Lipinski definition) is 3. The molecule has 4 rings (SSSR count). The number of nitrogens with zero attached hydrogens (tertiary/aromatic N) is 3. The van der Waals surface area contributed by atoms with Gasteiger partial charge in [-0.15, -0.1) is 0 Å². The molecule has 0 unspecified atom stereocenters. The van der Waals surface area contributed by atoms with Gasteiger partial charge in [-0.1, -0.05) is 29.3 Å². The highest BCUT2D eigenvalue weighted by atomic mass is 35.5. The van der Waals surface area contributed by atoms with Gasteiger partial charge < -0.3 is 5.32 Å².